The molecule has 1 aromatic rings. The summed E-state index contributed by atoms with van der Waals surface area (Å²) in [6.07, 6.45) is -0.0129. The summed E-state index contributed by atoms with van der Waals surface area (Å²) >= 11 is 0. The number of hydrogen-bond donors (Lipinski definition) is 2. The topological polar surface area (TPSA) is 131 Å². The summed E-state index contributed by atoms with van der Waals surface area (Å²) < 4.78 is 4.49. The second-order valence-electron chi connectivity index (χ2n) is 4.14. The molecule has 0 bridgehead atoms. The Bertz CT molecular complexity index is 526. The molecule has 1 aliphatic heterocycles. The van der Waals surface area contributed by atoms with Gasteiger partial charge in [0.2, 0.25) is 11.8 Å². The third-order valence-electron chi connectivity index (χ3n) is 2.83. The van der Waals surface area contributed by atoms with Crippen LogP contribution >= 0.6 is 0 Å². The first-order chi connectivity index (χ1) is 9.01. The van der Waals surface area contributed by atoms with Crippen LogP contribution in [0.15, 0.2) is 0 Å². The summed E-state index contributed by atoms with van der Waals surface area (Å²) in [5.74, 6) is -1.38. The number of carbonyl (C=O) groups excluding carboxylic acids is 3. The van der Waals surface area contributed by atoms with Crippen molar-refractivity contribution in [3.05, 3.63) is 5.82 Å². The highest BCUT2D eigenvalue weighted by molar-refractivity contribution is 5.98. The van der Waals surface area contributed by atoms with Crippen LogP contribution in [0.3, 0.4) is 0 Å². The predicted octanol–water partition coefficient (Wildman–Crippen LogP) is -1.64. The number of amides is 2. The Kier molecular flexibility index (Phi) is 3.45. The van der Waals surface area contributed by atoms with Gasteiger partial charge in [-0.05, 0) is 0 Å². The van der Waals surface area contributed by atoms with Gasteiger partial charge < -0.3 is 10.5 Å². The Hall–Kier alpha value is -2.45. The second-order valence-corrected chi connectivity index (χ2v) is 4.14. The average Bonchev–Trinajstić information content (AvgIpc) is 2.95. The highest BCUT2D eigenvalue weighted by Gasteiger charge is 2.35. The van der Waals surface area contributed by atoms with Crippen LogP contribution in [0.25, 0.3) is 0 Å². The molecule has 0 aromatic carbocycles. The standard InChI is InChI=1S/C10H13N5O4/c1-19-8(17)3-6-12-10(14-13-6)15-4-5(9(11)18)2-7(15)16/h5H,2-4H2,1H3,(H2,11,18)(H,12,13,14). The summed E-state index contributed by atoms with van der Waals surface area (Å²) in [6, 6.07) is 0. The zero-order valence-electron chi connectivity index (χ0n) is 10.3. The molecule has 1 aromatic heterocycles. The second kappa shape index (κ2) is 5.04. The molecular weight excluding hydrogens is 254 g/mol. The maximum absolute atomic E-state index is 11.7. The quantitative estimate of drug-likeness (QED) is 0.629. The number of aromatic nitrogens is 3. The van der Waals surface area contributed by atoms with E-state index in [0.717, 1.165) is 0 Å². The number of nitrogens with one attached hydrogen (secondary N) is 1. The van der Waals surface area contributed by atoms with E-state index in [1.165, 1.54) is 12.0 Å². The Morgan fingerprint density at radius 1 is 1.58 bits per heavy atom. The SMILES string of the molecule is COC(=O)Cc1nc(N2CC(C(N)=O)CC2=O)n[nH]1. The van der Waals surface area contributed by atoms with Gasteiger partial charge >= 0.3 is 5.97 Å². The number of ether oxygens (including phenoxy) is 1. The molecule has 1 atom stereocenters. The Labute approximate surface area is 108 Å². The fraction of sp³-hybridized carbons (Fsp3) is 0.500. The highest BCUT2D eigenvalue weighted by Crippen LogP contribution is 2.21. The number of anilines is 1. The third kappa shape index (κ3) is 2.69. The zero-order valence-corrected chi connectivity index (χ0v) is 10.3. The molecule has 9 nitrogen and oxygen atoms in total. The summed E-state index contributed by atoms with van der Waals surface area (Å²) in [7, 11) is 1.26. The monoisotopic (exact) mass is 267 g/mol. The summed E-state index contributed by atoms with van der Waals surface area (Å²) in [5, 5.41) is 6.38. The van der Waals surface area contributed by atoms with Crippen molar-refractivity contribution in [1.82, 2.24) is 15.2 Å². The number of nitrogens with two attached hydrogens (primary N) is 1. The van der Waals surface area contributed by atoms with E-state index in [0.29, 0.717) is 0 Å². The molecule has 1 fully saturated rings. The van der Waals surface area contributed by atoms with Gasteiger partial charge in [-0.3, -0.25) is 24.4 Å². The van der Waals surface area contributed by atoms with E-state index in [4.69, 9.17) is 5.73 Å². The van der Waals surface area contributed by atoms with Crippen molar-refractivity contribution in [1.29, 1.82) is 0 Å². The lowest BCUT2D eigenvalue weighted by atomic mass is 10.1. The number of primary amides is 1. The summed E-state index contributed by atoms with van der Waals surface area (Å²) in [6.45, 7) is 0.156. The van der Waals surface area contributed by atoms with Gasteiger partial charge in [0.05, 0.1) is 13.0 Å². The fourth-order valence-corrected chi connectivity index (χ4v) is 1.79. The van der Waals surface area contributed by atoms with Crippen LogP contribution in [0.2, 0.25) is 0 Å². The van der Waals surface area contributed by atoms with Crippen molar-refractivity contribution in [3.8, 4) is 0 Å². The van der Waals surface area contributed by atoms with Gasteiger partial charge in [-0.25, -0.2) is 0 Å². The van der Waals surface area contributed by atoms with Crippen LogP contribution in [-0.4, -0.2) is 46.6 Å². The normalized spacial score (nSPS) is 18.7. The summed E-state index contributed by atoms with van der Waals surface area (Å²) in [4.78, 5) is 39.1. The lowest BCUT2D eigenvalue weighted by molar-refractivity contribution is -0.139. The Balaban J connectivity index is 2.08. The van der Waals surface area contributed by atoms with Crippen molar-refractivity contribution in [2.45, 2.75) is 12.8 Å². The van der Waals surface area contributed by atoms with Crippen molar-refractivity contribution in [2.24, 2.45) is 11.7 Å². The van der Waals surface area contributed by atoms with E-state index >= 15 is 0 Å². The zero-order chi connectivity index (χ0) is 14.0. The van der Waals surface area contributed by atoms with Gasteiger partial charge in [-0.15, -0.1) is 5.10 Å². The molecule has 0 aliphatic carbocycles. The number of rotatable bonds is 4. The molecule has 1 saturated heterocycles. The van der Waals surface area contributed by atoms with E-state index in [-0.39, 0.29) is 37.1 Å². The highest BCUT2D eigenvalue weighted by atomic mass is 16.5. The molecule has 0 saturated carbocycles. The molecule has 2 heterocycles. The van der Waals surface area contributed by atoms with Gasteiger partial charge in [0.25, 0.3) is 5.95 Å². The van der Waals surface area contributed by atoms with Crippen molar-refractivity contribution in [2.75, 3.05) is 18.6 Å². The fourth-order valence-electron chi connectivity index (χ4n) is 1.79. The number of hydrogen-bond acceptors (Lipinski definition) is 6. The van der Waals surface area contributed by atoms with Gasteiger partial charge in [-0.1, -0.05) is 0 Å². The predicted molar refractivity (Wildman–Crippen MR) is 61.8 cm³/mol. The van der Waals surface area contributed by atoms with Crippen LogP contribution in [0.4, 0.5) is 5.95 Å². The minimum atomic E-state index is -0.532. The first-order valence-corrected chi connectivity index (χ1v) is 5.59. The third-order valence-corrected chi connectivity index (χ3v) is 2.83. The largest absolute Gasteiger partial charge is 0.469 e. The van der Waals surface area contributed by atoms with Crippen LogP contribution in [0, 0.1) is 5.92 Å². The molecule has 2 rings (SSSR count). The number of H-pyrrole nitrogens is 1. The molecule has 102 valence electrons. The van der Waals surface area contributed by atoms with E-state index in [1.54, 1.807) is 0 Å². The Morgan fingerprint density at radius 3 is 2.89 bits per heavy atom. The maximum Gasteiger partial charge on any atom is 0.313 e. The molecule has 0 spiro atoms. The lowest BCUT2D eigenvalue weighted by Crippen LogP contribution is -2.29. The first-order valence-electron chi connectivity index (χ1n) is 5.59. The van der Waals surface area contributed by atoms with Crippen molar-refractivity contribution < 1.29 is 19.1 Å². The number of esters is 1. The average molecular weight is 267 g/mol. The summed E-state index contributed by atoms with van der Waals surface area (Å²) in [5.41, 5.74) is 5.16. The molecule has 1 aliphatic rings. The maximum atomic E-state index is 11.7. The molecular formula is C10H13N5O4. The van der Waals surface area contributed by atoms with Crippen LogP contribution < -0.4 is 10.6 Å². The molecule has 19 heavy (non-hydrogen) atoms. The minimum Gasteiger partial charge on any atom is -0.469 e. The van der Waals surface area contributed by atoms with E-state index in [1.807, 2.05) is 0 Å². The van der Waals surface area contributed by atoms with E-state index < -0.39 is 17.8 Å². The van der Waals surface area contributed by atoms with Gasteiger partial charge in [0, 0.05) is 13.0 Å². The molecule has 3 N–H and O–H groups in total. The first kappa shape index (κ1) is 13.0. The van der Waals surface area contributed by atoms with Crippen molar-refractivity contribution >= 4 is 23.7 Å². The number of nitrogens with zero attached hydrogens (tertiary/aromatic N) is 3. The Morgan fingerprint density at radius 2 is 2.32 bits per heavy atom. The van der Waals surface area contributed by atoms with Crippen molar-refractivity contribution in [3.63, 3.8) is 0 Å². The van der Waals surface area contributed by atoms with E-state index in [9.17, 15) is 14.4 Å². The minimum absolute atomic E-state index is 0.0518. The number of aromatic amines is 1. The van der Waals surface area contributed by atoms with Gasteiger partial charge in [0.1, 0.15) is 12.2 Å². The van der Waals surface area contributed by atoms with Gasteiger partial charge in [0.15, 0.2) is 0 Å². The number of methoxy groups -OCH3 is 1. The molecule has 0 radical (unpaired) electrons. The van der Waals surface area contributed by atoms with E-state index in [2.05, 4.69) is 19.9 Å². The number of carbonyl (C=O) groups is 3. The van der Waals surface area contributed by atoms with Crippen LogP contribution in [-0.2, 0) is 25.5 Å². The molecule has 9 heteroatoms. The van der Waals surface area contributed by atoms with Crippen LogP contribution in [0.1, 0.15) is 12.2 Å². The smallest absolute Gasteiger partial charge is 0.313 e. The lowest BCUT2D eigenvalue weighted by Gasteiger charge is -2.10. The molecule has 2 amide bonds. The van der Waals surface area contributed by atoms with Crippen LogP contribution in [0.5, 0.6) is 0 Å². The molecule has 1 unspecified atom stereocenters. The van der Waals surface area contributed by atoms with Gasteiger partial charge in [-0.2, -0.15) is 4.98 Å².